The molecule has 0 unspecified atom stereocenters. The van der Waals surface area contributed by atoms with Gasteiger partial charge in [0.1, 0.15) is 0 Å². The zero-order valence-electron chi connectivity index (χ0n) is 12.9. The molecule has 0 atom stereocenters. The molecule has 116 valence electrons. The Hall–Kier alpha value is -2.91. The number of aromatic nitrogens is 1. The number of oxazole rings is 1. The zero-order valence-corrected chi connectivity index (χ0v) is 13.7. The van der Waals surface area contributed by atoms with E-state index in [-0.39, 0.29) is 0 Å². The van der Waals surface area contributed by atoms with Crippen molar-refractivity contribution in [2.75, 3.05) is 0 Å². The molecule has 2 heterocycles. The number of benzene rings is 2. The van der Waals surface area contributed by atoms with Crippen molar-refractivity contribution < 1.29 is 4.42 Å². The average Bonchev–Trinajstić information content (AvgIpc) is 3.33. The first-order chi connectivity index (χ1) is 11.9. The molecule has 4 rings (SSSR count). The van der Waals surface area contributed by atoms with Gasteiger partial charge in [-0.05, 0) is 35.2 Å². The highest BCUT2D eigenvalue weighted by Crippen LogP contribution is 2.26. The summed E-state index contributed by atoms with van der Waals surface area (Å²) in [5, 5.41) is 2.08. The Morgan fingerprint density at radius 2 is 1.62 bits per heavy atom. The van der Waals surface area contributed by atoms with Gasteiger partial charge in [-0.1, -0.05) is 54.6 Å². The van der Waals surface area contributed by atoms with E-state index in [9.17, 15) is 0 Å². The van der Waals surface area contributed by atoms with Crippen molar-refractivity contribution in [3.05, 3.63) is 88.7 Å². The van der Waals surface area contributed by atoms with Crippen LogP contribution in [0.15, 0.2) is 82.7 Å². The second kappa shape index (κ2) is 6.69. The molecule has 0 radical (unpaired) electrons. The summed E-state index contributed by atoms with van der Waals surface area (Å²) in [4.78, 5) is 5.65. The monoisotopic (exact) mass is 329 g/mol. The highest BCUT2D eigenvalue weighted by atomic mass is 32.1. The van der Waals surface area contributed by atoms with Gasteiger partial charge in [-0.15, -0.1) is 11.3 Å². The lowest BCUT2D eigenvalue weighted by Gasteiger charge is -1.98. The van der Waals surface area contributed by atoms with Crippen LogP contribution in [0.5, 0.6) is 0 Å². The summed E-state index contributed by atoms with van der Waals surface area (Å²) in [7, 11) is 0. The normalized spacial score (nSPS) is 11.2. The van der Waals surface area contributed by atoms with E-state index in [1.165, 1.54) is 4.88 Å². The zero-order chi connectivity index (χ0) is 16.2. The Morgan fingerprint density at radius 3 is 2.38 bits per heavy atom. The third-order valence-electron chi connectivity index (χ3n) is 3.70. The van der Waals surface area contributed by atoms with Gasteiger partial charge in [-0.2, -0.15) is 0 Å². The van der Waals surface area contributed by atoms with E-state index < -0.39 is 0 Å². The first-order valence-corrected chi connectivity index (χ1v) is 8.60. The van der Waals surface area contributed by atoms with Gasteiger partial charge >= 0.3 is 0 Å². The molecule has 3 heteroatoms. The predicted molar refractivity (Wildman–Crippen MR) is 101 cm³/mol. The minimum Gasteiger partial charge on any atom is -0.436 e. The molecule has 24 heavy (non-hydrogen) atoms. The lowest BCUT2D eigenvalue weighted by molar-refractivity contribution is 0.589. The van der Waals surface area contributed by atoms with Crippen molar-refractivity contribution in [2.45, 2.75) is 0 Å². The summed E-state index contributed by atoms with van der Waals surface area (Å²) in [6, 6.07) is 22.4. The molecule has 2 nitrogen and oxygen atoms in total. The van der Waals surface area contributed by atoms with E-state index in [1.54, 1.807) is 17.5 Å². The summed E-state index contributed by atoms with van der Waals surface area (Å²) >= 11 is 1.73. The third-order valence-corrected chi connectivity index (χ3v) is 4.54. The molecular weight excluding hydrogens is 314 g/mol. The number of rotatable bonds is 4. The summed E-state index contributed by atoms with van der Waals surface area (Å²) < 4.78 is 5.89. The van der Waals surface area contributed by atoms with Crippen molar-refractivity contribution in [1.82, 2.24) is 4.98 Å². The second-order valence-corrected chi connectivity index (χ2v) is 6.35. The van der Waals surface area contributed by atoms with Crippen LogP contribution >= 0.6 is 11.3 Å². The Bertz CT molecular complexity index is 935. The van der Waals surface area contributed by atoms with Gasteiger partial charge in [0.25, 0.3) is 0 Å². The summed E-state index contributed by atoms with van der Waals surface area (Å²) in [6.45, 7) is 0. The summed E-state index contributed by atoms with van der Waals surface area (Å²) in [5.74, 6) is 1.43. The fourth-order valence-electron chi connectivity index (χ4n) is 2.44. The van der Waals surface area contributed by atoms with Crippen LogP contribution in [-0.2, 0) is 0 Å². The van der Waals surface area contributed by atoms with Crippen LogP contribution in [0.3, 0.4) is 0 Å². The fraction of sp³-hybridized carbons (Fsp3) is 0. The SMILES string of the molecule is C(=Cc1cccs1)c1ccc(-c2ncc(-c3ccccc3)o2)cc1. The van der Waals surface area contributed by atoms with Crippen LogP contribution in [0.2, 0.25) is 0 Å². The number of hydrogen-bond acceptors (Lipinski definition) is 3. The largest absolute Gasteiger partial charge is 0.436 e. The van der Waals surface area contributed by atoms with E-state index in [0.717, 1.165) is 22.5 Å². The molecule has 0 aliphatic rings. The van der Waals surface area contributed by atoms with Gasteiger partial charge < -0.3 is 4.42 Å². The first kappa shape index (κ1) is 14.7. The van der Waals surface area contributed by atoms with E-state index in [2.05, 4.69) is 46.8 Å². The molecule has 0 N–H and O–H groups in total. The average molecular weight is 329 g/mol. The number of thiophene rings is 1. The van der Waals surface area contributed by atoms with Crippen LogP contribution in [0.1, 0.15) is 10.4 Å². The summed E-state index contributed by atoms with van der Waals surface area (Å²) in [5.41, 5.74) is 3.17. The molecule has 0 amide bonds. The minimum atomic E-state index is 0.641. The van der Waals surface area contributed by atoms with Crippen molar-refractivity contribution in [3.8, 4) is 22.8 Å². The maximum atomic E-state index is 5.89. The molecule has 2 aromatic carbocycles. The van der Waals surface area contributed by atoms with Gasteiger partial charge in [0, 0.05) is 16.0 Å². The molecule has 4 aromatic rings. The van der Waals surface area contributed by atoms with E-state index in [1.807, 2.05) is 42.5 Å². The third kappa shape index (κ3) is 3.21. The van der Waals surface area contributed by atoms with Gasteiger partial charge in [-0.25, -0.2) is 4.98 Å². The topological polar surface area (TPSA) is 26.0 Å². The van der Waals surface area contributed by atoms with Crippen LogP contribution in [0.4, 0.5) is 0 Å². The van der Waals surface area contributed by atoms with Crippen molar-refractivity contribution in [2.24, 2.45) is 0 Å². The van der Waals surface area contributed by atoms with Crippen molar-refractivity contribution in [3.63, 3.8) is 0 Å². The number of hydrogen-bond donors (Lipinski definition) is 0. The molecule has 0 bridgehead atoms. The molecule has 2 aromatic heterocycles. The molecule has 0 saturated carbocycles. The van der Waals surface area contributed by atoms with Gasteiger partial charge in [0.15, 0.2) is 5.76 Å². The van der Waals surface area contributed by atoms with Crippen LogP contribution in [-0.4, -0.2) is 4.98 Å². The molecule has 0 aliphatic heterocycles. The van der Waals surface area contributed by atoms with E-state index >= 15 is 0 Å². The Labute approximate surface area is 144 Å². The van der Waals surface area contributed by atoms with Crippen LogP contribution in [0, 0.1) is 0 Å². The van der Waals surface area contributed by atoms with Gasteiger partial charge in [0.05, 0.1) is 6.20 Å². The predicted octanol–water partition coefficient (Wildman–Crippen LogP) is 6.24. The molecular formula is C21H15NOS. The maximum Gasteiger partial charge on any atom is 0.226 e. The fourth-order valence-corrected chi connectivity index (χ4v) is 3.06. The summed E-state index contributed by atoms with van der Waals surface area (Å²) in [6.07, 6.45) is 6.01. The van der Waals surface area contributed by atoms with E-state index in [4.69, 9.17) is 4.42 Å². The number of nitrogens with zero attached hydrogens (tertiary/aromatic N) is 1. The molecule has 0 saturated heterocycles. The lowest BCUT2D eigenvalue weighted by atomic mass is 10.1. The Kier molecular flexibility index (Phi) is 4.09. The molecule has 0 spiro atoms. The van der Waals surface area contributed by atoms with Crippen LogP contribution < -0.4 is 0 Å². The quantitative estimate of drug-likeness (QED) is 0.443. The van der Waals surface area contributed by atoms with Crippen molar-refractivity contribution >= 4 is 23.5 Å². The van der Waals surface area contributed by atoms with Gasteiger partial charge in [0.2, 0.25) is 5.89 Å². The first-order valence-electron chi connectivity index (χ1n) is 7.72. The van der Waals surface area contributed by atoms with Crippen LogP contribution in [0.25, 0.3) is 34.9 Å². The van der Waals surface area contributed by atoms with Crippen molar-refractivity contribution in [1.29, 1.82) is 0 Å². The van der Waals surface area contributed by atoms with Gasteiger partial charge in [-0.3, -0.25) is 0 Å². The smallest absolute Gasteiger partial charge is 0.226 e. The Morgan fingerprint density at radius 1 is 0.792 bits per heavy atom. The highest BCUT2D eigenvalue weighted by molar-refractivity contribution is 7.10. The maximum absolute atomic E-state index is 5.89. The second-order valence-electron chi connectivity index (χ2n) is 5.37. The lowest BCUT2D eigenvalue weighted by Crippen LogP contribution is -1.77. The Balaban J connectivity index is 1.54. The molecule has 0 fully saturated rings. The molecule has 0 aliphatic carbocycles. The minimum absolute atomic E-state index is 0.641. The highest BCUT2D eigenvalue weighted by Gasteiger charge is 2.07. The van der Waals surface area contributed by atoms with E-state index in [0.29, 0.717) is 5.89 Å². The standard InChI is InChI=1S/C21H15NOS/c1-2-5-17(6-3-1)20-15-22-21(23-20)18-11-8-16(9-12-18)10-13-19-7-4-14-24-19/h1-15H.